The fourth-order valence-electron chi connectivity index (χ4n) is 2.60. The van der Waals surface area contributed by atoms with E-state index in [9.17, 15) is 13.7 Å². The Morgan fingerprint density at radius 1 is 1.32 bits per heavy atom. The van der Waals surface area contributed by atoms with E-state index in [0.717, 1.165) is 19.3 Å². The van der Waals surface area contributed by atoms with Crippen LogP contribution >= 0.6 is 11.8 Å². The van der Waals surface area contributed by atoms with Crippen molar-refractivity contribution in [1.82, 2.24) is 0 Å². The lowest BCUT2D eigenvalue weighted by Crippen LogP contribution is -2.33. The maximum Gasteiger partial charge on any atom is 0.148 e. The van der Waals surface area contributed by atoms with Gasteiger partial charge in [0.1, 0.15) is 9.84 Å². The number of nitrogens with zero attached hydrogens (tertiary/aromatic N) is 1. The second-order valence-electron chi connectivity index (χ2n) is 6.65. The Labute approximate surface area is 122 Å². The van der Waals surface area contributed by atoms with E-state index in [2.05, 4.69) is 26.8 Å². The van der Waals surface area contributed by atoms with Gasteiger partial charge >= 0.3 is 0 Å². The molecular formula is C14H25NO2S2. The fourth-order valence-corrected chi connectivity index (χ4v) is 5.29. The molecule has 0 amide bonds. The van der Waals surface area contributed by atoms with E-state index in [1.165, 1.54) is 6.26 Å². The minimum atomic E-state index is -2.89. The fraction of sp³-hybridized carbons (Fsp3) is 0.929. The summed E-state index contributed by atoms with van der Waals surface area (Å²) in [7, 11) is -2.89. The molecule has 3 atom stereocenters. The molecule has 1 aliphatic carbocycles. The second kappa shape index (κ2) is 6.49. The minimum absolute atomic E-state index is 0.0863. The summed E-state index contributed by atoms with van der Waals surface area (Å²) in [6, 6.07) is 2.40. The van der Waals surface area contributed by atoms with E-state index < -0.39 is 9.84 Å². The maximum absolute atomic E-state index is 11.2. The van der Waals surface area contributed by atoms with Gasteiger partial charge in [-0.15, -0.1) is 0 Å². The largest absolute Gasteiger partial charge is 0.229 e. The lowest BCUT2D eigenvalue weighted by molar-refractivity contribution is 0.169. The van der Waals surface area contributed by atoms with Crippen LogP contribution in [0.4, 0.5) is 0 Å². The van der Waals surface area contributed by atoms with Crippen molar-refractivity contribution in [3.05, 3.63) is 0 Å². The van der Waals surface area contributed by atoms with E-state index in [0.29, 0.717) is 16.9 Å². The molecule has 0 aromatic heterocycles. The number of sulfone groups is 1. The summed E-state index contributed by atoms with van der Waals surface area (Å²) in [5.74, 6) is 1.54. The molecule has 1 aliphatic rings. The molecule has 110 valence electrons. The summed E-state index contributed by atoms with van der Waals surface area (Å²) < 4.78 is 22.3. The first-order valence-electron chi connectivity index (χ1n) is 6.82. The van der Waals surface area contributed by atoms with E-state index in [1.54, 1.807) is 11.8 Å². The van der Waals surface area contributed by atoms with Gasteiger partial charge in [0.25, 0.3) is 0 Å². The SMILES string of the molecule is CC(C)(C)C1CCC(C#N)C(SCCS(C)(=O)=O)C1. The van der Waals surface area contributed by atoms with Crippen molar-refractivity contribution in [1.29, 1.82) is 5.26 Å². The topological polar surface area (TPSA) is 57.9 Å². The van der Waals surface area contributed by atoms with Crippen LogP contribution in [0, 0.1) is 28.6 Å². The molecule has 3 unspecified atom stereocenters. The Hall–Kier alpha value is -0.210. The molecular weight excluding hydrogens is 278 g/mol. The lowest BCUT2D eigenvalue weighted by Gasteiger charge is -2.39. The van der Waals surface area contributed by atoms with Crippen LogP contribution in [0.25, 0.3) is 0 Å². The van der Waals surface area contributed by atoms with Crippen LogP contribution < -0.4 is 0 Å². The molecule has 5 heteroatoms. The predicted molar refractivity (Wildman–Crippen MR) is 81.9 cm³/mol. The van der Waals surface area contributed by atoms with Gasteiger partial charge in [0, 0.05) is 17.3 Å². The molecule has 1 rings (SSSR count). The van der Waals surface area contributed by atoms with Gasteiger partial charge < -0.3 is 0 Å². The molecule has 1 fully saturated rings. The summed E-state index contributed by atoms with van der Waals surface area (Å²) in [5, 5.41) is 9.52. The molecule has 0 radical (unpaired) electrons. The van der Waals surface area contributed by atoms with Gasteiger partial charge in [0.2, 0.25) is 0 Å². The number of hydrogen-bond donors (Lipinski definition) is 0. The highest BCUT2D eigenvalue weighted by Gasteiger charge is 2.36. The number of hydrogen-bond acceptors (Lipinski definition) is 4. The quantitative estimate of drug-likeness (QED) is 0.800. The predicted octanol–water partition coefficient (Wildman–Crippen LogP) is 3.12. The van der Waals surface area contributed by atoms with Crippen LogP contribution in [0.5, 0.6) is 0 Å². The Kier molecular flexibility index (Phi) is 5.76. The first-order chi connectivity index (χ1) is 8.63. The maximum atomic E-state index is 11.2. The summed E-state index contributed by atoms with van der Waals surface area (Å²) >= 11 is 1.68. The van der Waals surface area contributed by atoms with Crippen LogP contribution in [0.2, 0.25) is 0 Å². The Morgan fingerprint density at radius 3 is 2.42 bits per heavy atom. The highest BCUT2D eigenvalue weighted by molar-refractivity contribution is 8.01. The average Bonchev–Trinajstić information content (AvgIpc) is 2.26. The first-order valence-corrected chi connectivity index (χ1v) is 9.93. The van der Waals surface area contributed by atoms with Gasteiger partial charge in [0.15, 0.2) is 0 Å². The monoisotopic (exact) mass is 303 g/mol. The van der Waals surface area contributed by atoms with Gasteiger partial charge in [-0.1, -0.05) is 20.8 Å². The van der Waals surface area contributed by atoms with Crippen molar-refractivity contribution < 1.29 is 8.42 Å². The zero-order valence-corrected chi connectivity index (χ0v) is 14.0. The van der Waals surface area contributed by atoms with E-state index in [-0.39, 0.29) is 17.1 Å². The Balaban J connectivity index is 2.59. The van der Waals surface area contributed by atoms with Crippen molar-refractivity contribution >= 4 is 21.6 Å². The zero-order chi connectivity index (χ0) is 14.7. The third-order valence-corrected chi connectivity index (χ3v) is 6.56. The molecule has 1 saturated carbocycles. The summed E-state index contributed by atoms with van der Waals surface area (Å²) in [5.41, 5.74) is 0.274. The standard InChI is InChI=1S/C14H25NO2S2/c1-14(2,3)12-6-5-11(10-15)13(9-12)18-7-8-19(4,16)17/h11-13H,5-9H2,1-4H3. The van der Waals surface area contributed by atoms with Crippen LogP contribution in [0.15, 0.2) is 0 Å². The van der Waals surface area contributed by atoms with Crippen LogP contribution in [0.3, 0.4) is 0 Å². The van der Waals surface area contributed by atoms with Crippen LogP contribution in [-0.2, 0) is 9.84 Å². The third kappa shape index (κ3) is 5.74. The third-order valence-electron chi connectivity index (χ3n) is 3.97. The molecule has 19 heavy (non-hydrogen) atoms. The highest BCUT2D eigenvalue weighted by atomic mass is 32.2. The smallest absolute Gasteiger partial charge is 0.148 e. The van der Waals surface area contributed by atoms with Crippen molar-refractivity contribution in [3.8, 4) is 6.07 Å². The first kappa shape index (κ1) is 16.8. The average molecular weight is 303 g/mol. The van der Waals surface area contributed by atoms with Crippen molar-refractivity contribution in [3.63, 3.8) is 0 Å². The number of thioether (sulfide) groups is 1. The van der Waals surface area contributed by atoms with E-state index in [4.69, 9.17) is 0 Å². The number of rotatable bonds is 4. The van der Waals surface area contributed by atoms with Crippen LogP contribution in [0.1, 0.15) is 40.0 Å². The molecule has 0 spiro atoms. The highest BCUT2D eigenvalue weighted by Crippen LogP contribution is 2.43. The molecule has 0 aromatic rings. The van der Waals surface area contributed by atoms with E-state index >= 15 is 0 Å². The van der Waals surface area contributed by atoms with Gasteiger partial charge in [-0.05, 0) is 30.6 Å². The van der Waals surface area contributed by atoms with Crippen molar-refractivity contribution in [2.75, 3.05) is 17.8 Å². The molecule has 0 aliphatic heterocycles. The van der Waals surface area contributed by atoms with Crippen LogP contribution in [-0.4, -0.2) is 31.4 Å². The molecule has 0 N–H and O–H groups in total. The van der Waals surface area contributed by atoms with Crippen molar-refractivity contribution in [2.24, 2.45) is 17.3 Å². The minimum Gasteiger partial charge on any atom is -0.229 e. The number of nitriles is 1. The Morgan fingerprint density at radius 2 is 1.95 bits per heavy atom. The normalized spacial score (nSPS) is 28.9. The molecule has 0 aromatic carbocycles. The second-order valence-corrected chi connectivity index (χ2v) is 10.3. The van der Waals surface area contributed by atoms with Gasteiger partial charge in [-0.3, -0.25) is 0 Å². The van der Waals surface area contributed by atoms with Gasteiger partial charge in [-0.2, -0.15) is 17.0 Å². The lowest BCUT2D eigenvalue weighted by atomic mass is 9.70. The van der Waals surface area contributed by atoms with Gasteiger partial charge in [0.05, 0.1) is 17.7 Å². The molecule has 0 bridgehead atoms. The summed E-state index contributed by atoms with van der Waals surface area (Å²) in [6.07, 6.45) is 4.38. The van der Waals surface area contributed by atoms with Crippen molar-refractivity contribution in [2.45, 2.75) is 45.3 Å². The molecule has 3 nitrogen and oxygen atoms in total. The van der Waals surface area contributed by atoms with Gasteiger partial charge in [-0.25, -0.2) is 8.42 Å². The zero-order valence-electron chi connectivity index (χ0n) is 12.3. The molecule has 0 saturated heterocycles. The molecule has 0 heterocycles. The summed E-state index contributed by atoms with van der Waals surface area (Å²) in [4.78, 5) is 0. The van der Waals surface area contributed by atoms with E-state index in [1.807, 2.05) is 0 Å². The summed E-state index contributed by atoms with van der Waals surface area (Å²) in [6.45, 7) is 6.76. The Bertz CT molecular complexity index is 431.